The molecule has 0 bridgehead atoms. The van der Waals surface area contributed by atoms with Crippen LogP contribution in [0.5, 0.6) is 0 Å². The summed E-state index contributed by atoms with van der Waals surface area (Å²) >= 11 is 0. The van der Waals surface area contributed by atoms with Gasteiger partial charge in [0.05, 0.1) is 6.61 Å². The smallest absolute Gasteiger partial charge is 0.386 e. The molecule has 0 radical (unpaired) electrons. The predicted octanol–water partition coefficient (Wildman–Crippen LogP) is -1.09. The third-order valence-corrected chi connectivity index (χ3v) is 4.40. The Kier molecular flexibility index (Phi) is 3.40. The maximum Gasteiger partial charge on any atom is 0.472 e. The van der Waals surface area contributed by atoms with Gasteiger partial charge in [-0.15, -0.1) is 0 Å². The Morgan fingerprint density at radius 1 is 1.57 bits per heavy atom. The van der Waals surface area contributed by atoms with Gasteiger partial charge in [0.25, 0.3) is 0 Å². The van der Waals surface area contributed by atoms with Crippen LogP contribution in [-0.4, -0.2) is 44.5 Å². The number of aliphatic hydroxyl groups is 1. The van der Waals surface area contributed by atoms with Gasteiger partial charge in [0, 0.05) is 11.8 Å². The molecule has 5 atom stereocenters. The number of hydrogen-bond acceptors (Lipinski definition) is 8. The monoisotopic (exact) mass is 319 g/mol. The molecule has 1 unspecified atom stereocenters. The van der Waals surface area contributed by atoms with E-state index in [-0.39, 0.29) is 12.4 Å². The number of aryl methyl sites for hydroxylation is 1. The van der Waals surface area contributed by atoms with Crippen molar-refractivity contribution in [3.8, 4) is 0 Å². The van der Waals surface area contributed by atoms with E-state index in [0.717, 1.165) is 4.57 Å². The summed E-state index contributed by atoms with van der Waals surface area (Å²) in [5, 5.41) is 10.2. The minimum absolute atomic E-state index is 0.0839. The number of nitrogen functional groups attached to an aromatic ring is 1. The Morgan fingerprint density at radius 2 is 2.29 bits per heavy atom. The molecule has 116 valence electrons. The van der Waals surface area contributed by atoms with E-state index < -0.39 is 38.1 Å². The van der Waals surface area contributed by atoms with Crippen LogP contribution in [0.2, 0.25) is 0 Å². The third kappa shape index (κ3) is 2.50. The average molecular weight is 319 g/mol. The molecule has 2 saturated heterocycles. The molecule has 10 nitrogen and oxygen atoms in total. The van der Waals surface area contributed by atoms with Crippen molar-refractivity contribution < 1.29 is 28.3 Å². The van der Waals surface area contributed by atoms with E-state index in [0.29, 0.717) is 5.56 Å². The van der Waals surface area contributed by atoms with Gasteiger partial charge in [-0.05, 0) is 6.92 Å². The topological polar surface area (TPSA) is 146 Å². The molecular formula is C10H14N3O7P. The van der Waals surface area contributed by atoms with Gasteiger partial charge in [0.2, 0.25) is 0 Å². The molecule has 3 heterocycles. The number of rotatable bonds is 1. The highest BCUT2D eigenvalue weighted by atomic mass is 31.2. The number of ether oxygens (including phenoxy) is 1. The molecule has 4 N–H and O–H groups in total. The number of phosphoric ester groups is 1. The van der Waals surface area contributed by atoms with Crippen molar-refractivity contribution in [2.24, 2.45) is 0 Å². The number of nitrogens with zero attached hydrogens (tertiary/aromatic N) is 2. The number of phosphoric acid groups is 1. The zero-order valence-electron chi connectivity index (χ0n) is 10.9. The number of aromatic nitrogens is 2. The first-order valence-electron chi connectivity index (χ1n) is 6.13. The maximum atomic E-state index is 11.9. The van der Waals surface area contributed by atoms with Gasteiger partial charge in [-0.1, -0.05) is 0 Å². The molecule has 0 saturated carbocycles. The number of fused-ring (bicyclic) bond motifs is 1. The first-order valence-corrected chi connectivity index (χ1v) is 7.62. The second-order valence-electron chi connectivity index (χ2n) is 4.89. The average Bonchev–Trinajstić information content (AvgIpc) is 2.70. The van der Waals surface area contributed by atoms with E-state index in [2.05, 4.69) is 9.51 Å². The molecule has 0 amide bonds. The fourth-order valence-corrected chi connectivity index (χ4v) is 3.29. The molecule has 21 heavy (non-hydrogen) atoms. The summed E-state index contributed by atoms with van der Waals surface area (Å²) in [6, 6.07) is 0. The molecule has 1 aromatic rings. The quantitative estimate of drug-likeness (QED) is 0.549. The standard InChI is InChI=1S/C10H14N3O7P/c1-4-2-13(10(15)12-8(4)11)9-6(14)7-5(19-9)3-18-21(16,17)20-7/h2,5-7,9,14H,3H2,1H3,(H,16,17)(H2,11,12,15)/t5-,6-,7-,9-/m1/s1. The van der Waals surface area contributed by atoms with Gasteiger partial charge in [0.15, 0.2) is 6.23 Å². The van der Waals surface area contributed by atoms with E-state index in [4.69, 9.17) is 15.0 Å². The number of aliphatic hydroxyl groups excluding tert-OH is 1. The predicted molar refractivity (Wildman–Crippen MR) is 68.2 cm³/mol. The van der Waals surface area contributed by atoms with Crippen molar-refractivity contribution in [3.05, 3.63) is 22.2 Å². The molecule has 0 spiro atoms. The van der Waals surface area contributed by atoms with E-state index in [1.807, 2.05) is 0 Å². The number of nitrogens with two attached hydrogens (primary N) is 1. The van der Waals surface area contributed by atoms with Crippen molar-refractivity contribution >= 4 is 13.6 Å². The van der Waals surface area contributed by atoms with Crippen molar-refractivity contribution in [1.29, 1.82) is 0 Å². The first-order chi connectivity index (χ1) is 9.78. The fraction of sp³-hybridized carbons (Fsp3) is 0.600. The minimum atomic E-state index is -4.20. The molecule has 2 aliphatic rings. The van der Waals surface area contributed by atoms with Gasteiger partial charge < -0.3 is 20.5 Å². The SMILES string of the molecule is Cc1cn([C@@H]2O[C@@H]3COP(=O)(O)O[C@H]3[C@H]2O)c(=O)nc1N. The van der Waals surface area contributed by atoms with Crippen LogP contribution in [0.15, 0.2) is 11.0 Å². The van der Waals surface area contributed by atoms with Crippen LogP contribution in [0.3, 0.4) is 0 Å². The zero-order valence-corrected chi connectivity index (χ0v) is 11.8. The van der Waals surface area contributed by atoms with Crippen LogP contribution in [0, 0.1) is 6.92 Å². The van der Waals surface area contributed by atoms with E-state index >= 15 is 0 Å². The van der Waals surface area contributed by atoms with Gasteiger partial charge in [-0.2, -0.15) is 4.98 Å². The highest BCUT2D eigenvalue weighted by Crippen LogP contribution is 2.52. The van der Waals surface area contributed by atoms with Crippen molar-refractivity contribution in [2.75, 3.05) is 12.3 Å². The summed E-state index contributed by atoms with van der Waals surface area (Å²) in [4.78, 5) is 24.8. The lowest BCUT2D eigenvalue weighted by Gasteiger charge is -2.27. The Balaban J connectivity index is 1.94. The van der Waals surface area contributed by atoms with Gasteiger partial charge >= 0.3 is 13.5 Å². The molecule has 0 aliphatic carbocycles. The largest absolute Gasteiger partial charge is 0.472 e. The molecule has 1 aromatic heterocycles. The van der Waals surface area contributed by atoms with Crippen molar-refractivity contribution in [3.63, 3.8) is 0 Å². The van der Waals surface area contributed by atoms with Gasteiger partial charge in [-0.3, -0.25) is 13.6 Å². The lowest BCUT2D eigenvalue weighted by Crippen LogP contribution is -2.40. The summed E-state index contributed by atoms with van der Waals surface area (Å²) in [5.41, 5.74) is 5.37. The maximum absolute atomic E-state index is 11.9. The molecule has 2 fully saturated rings. The molecule has 11 heteroatoms. The van der Waals surface area contributed by atoms with E-state index in [9.17, 15) is 19.4 Å². The Hall–Kier alpha value is -1.29. The summed E-state index contributed by atoms with van der Waals surface area (Å²) in [5.74, 6) is 0.0839. The second-order valence-corrected chi connectivity index (χ2v) is 6.30. The zero-order chi connectivity index (χ0) is 15.4. The minimum Gasteiger partial charge on any atom is -0.386 e. The van der Waals surface area contributed by atoms with E-state index in [1.165, 1.54) is 6.20 Å². The Labute approximate surface area is 118 Å². The van der Waals surface area contributed by atoms with Crippen LogP contribution in [0.25, 0.3) is 0 Å². The van der Waals surface area contributed by atoms with Crippen molar-refractivity contribution in [1.82, 2.24) is 9.55 Å². The van der Waals surface area contributed by atoms with Crippen LogP contribution in [0.4, 0.5) is 5.82 Å². The third-order valence-electron chi connectivity index (χ3n) is 3.41. The van der Waals surface area contributed by atoms with Crippen LogP contribution in [-0.2, 0) is 18.3 Å². The van der Waals surface area contributed by atoms with Gasteiger partial charge in [-0.25, -0.2) is 9.36 Å². The van der Waals surface area contributed by atoms with Crippen LogP contribution in [0.1, 0.15) is 11.8 Å². The van der Waals surface area contributed by atoms with Crippen molar-refractivity contribution in [2.45, 2.75) is 31.5 Å². The lowest BCUT2D eigenvalue weighted by molar-refractivity contribution is -0.0685. The van der Waals surface area contributed by atoms with Crippen LogP contribution >= 0.6 is 7.82 Å². The molecule has 0 aromatic carbocycles. The molecule has 3 rings (SSSR count). The summed E-state index contributed by atoms with van der Waals surface area (Å²) < 4.78 is 27.4. The molecular weight excluding hydrogens is 305 g/mol. The normalized spacial score (nSPS) is 39.2. The van der Waals surface area contributed by atoms with Crippen LogP contribution < -0.4 is 11.4 Å². The lowest BCUT2D eigenvalue weighted by atomic mass is 10.1. The highest BCUT2D eigenvalue weighted by molar-refractivity contribution is 7.47. The fourth-order valence-electron chi connectivity index (χ4n) is 2.33. The highest BCUT2D eigenvalue weighted by Gasteiger charge is 2.52. The summed E-state index contributed by atoms with van der Waals surface area (Å²) in [6.45, 7) is 1.43. The second kappa shape index (κ2) is 4.87. The summed E-state index contributed by atoms with van der Waals surface area (Å²) in [6.07, 6.45) is -2.84. The Morgan fingerprint density at radius 3 is 3.00 bits per heavy atom. The summed E-state index contributed by atoms with van der Waals surface area (Å²) in [7, 11) is -4.20. The molecule has 2 aliphatic heterocycles. The van der Waals surface area contributed by atoms with E-state index in [1.54, 1.807) is 6.92 Å². The number of anilines is 1. The number of hydrogen-bond donors (Lipinski definition) is 3. The van der Waals surface area contributed by atoms with Gasteiger partial charge in [0.1, 0.15) is 24.1 Å². The Bertz CT molecular complexity index is 677. The first kappa shape index (κ1) is 14.6.